The van der Waals surface area contributed by atoms with E-state index in [1.54, 1.807) is 13.0 Å². The second-order valence-electron chi connectivity index (χ2n) is 3.79. The molecule has 0 aromatic carbocycles. The van der Waals surface area contributed by atoms with Crippen LogP contribution in [0.5, 0.6) is 0 Å². The van der Waals surface area contributed by atoms with E-state index in [9.17, 15) is 13.2 Å². The Morgan fingerprint density at radius 2 is 2.00 bits per heavy atom. The molecule has 1 unspecified atom stereocenters. The smallest absolute Gasteiger partial charge is 0.395 e. The molecule has 15 heavy (non-hydrogen) atoms. The molecule has 90 valence electrons. The first-order valence-corrected chi connectivity index (χ1v) is 4.72. The molecular formula is C10H17F3O2. The minimum Gasteiger partial charge on any atom is -0.395 e. The first-order chi connectivity index (χ1) is 6.83. The zero-order chi connectivity index (χ0) is 11.9. The Hall–Kier alpha value is -0.550. The Morgan fingerprint density at radius 3 is 2.40 bits per heavy atom. The maximum absolute atomic E-state index is 11.7. The lowest BCUT2D eigenvalue weighted by molar-refractivity contribution is -0.174. The van der Waals surface area contributed by atoms with Crippen molar-refractivity contribution in [1.29, 1.82) is 0 Å². The first-order valence-electron chi connectivity index (χ1n) is 4.72. The van der Waals surface area contributed by atoms with Crippen LogP contribution in [0, 0.1) is 5.41 Å². The first kappa shape index (κ1) is 14.5. The van der Waals surface area contributed by atoms with Crippen LogP contribution in [0.4, 0.5) is 13.2 Å². The summed E-state index contributed by atoms with van der Waals surface area (Å²) in [5, 5.41) is 8.98. The molecule has 0 radical (unpaired) electrons. The van der Waals surface area contributed by atoms with Crippen molar-refractivity contribution in [3.63, 3.8) is 0 Å². The van der Waals surface area contributed by atoms with Crippen LogP contribution >= 0.6 is 0 Å². The number of alkyl halides is 3. The number of aliphatic hydroxyl groups excluding tert-OH is 1. The van der Waals surface area contributed by atoms with Crippen LogP contribution in [0.2, 0.25) is 0 Å². The van der Waals surface area contributed by atoms with Crippen LogP contribution in [0.3, 0.4) is 0 Å². The molecule has 0 amide bonds. The lowest BCUT2D eigenvalue weighted by atomic mass is 9.87. The third-order valence-corrected chi connectivity index (χ3v) is 2.16. The number of aliphatic hydroxyl groups is 1. The van der Waals surface area contributed by atoms with E-state index in [-0.39, 0.29) is 13.2 Å². The molecule has 0 spiro atoms. The molecule has 1 N–H and O–H groups in total. The summed E-state index contributed by atoms with van der Waals surface area (Å²) in [4.78, 5) is 0. The highest BCUT2D eigenvalue weighted by Gasteiger charge is 2.27. The van der Waals surface area contributed by atoms with Crippen molar-refractivity contribution in [2.75, 3.05) is 19.8 Å². The van der Waals surface area contributed by atoms with Gasteiger partial charge in [-0.25, -0.2) is 0 Å². The Bertz CT molecular complexity index is 192. The Labute approximate surface area is 87.7 Å². The largest absolute Gasteiger partial charge is 0.411 e. The van der Waals surface area contributed by atoms with Crippen molar-refractivity contribution in [2.45, 2.75) is 25.9 Å². The van der Waals surface area contributed by atoms with Gasteiger partial charge in [-0.05, 0) is 12.8 Å². The van der Waals surface area contributed by atoms with Gasteiger partial charge in [0, 0.05) is 12.0 Å². The highest BCUT2D eigenvalue weighted by Crippen LogP contribution is 2.23. The molecule has 0 aromatic heterocycles. The molecule has 0 bridgehead atoms. The molecule has 0 fully saturated rings. The summed E-state index contributed by atoms with van der Waals surface area (Å²) < 4.78 is 39.4. The van der Waals surface area contributed by atoms with Crippen LogP contribution < -0.4 is 0 Å². The van der Waals surface area contributed by atoms with Gasteiger partial charge in [-0.15, -0.1) is 6.58 Å². The van der Waals surface area contributed by atoms with Crippen LogP contribution in [-0.2, 0) is 4.74 Å². The molecule has 0 aliphatic carbocycles. The van der Waals surface area contributed by atoms with Gasteiger partial charge in [-0.3, -0.25) is 0 Å². The zero-order valence-corrected chi connectivity index (χ0v) is 8.81. The topological polar surface area (TPSA) is 29.5 Å². The van der Waals surface area contributed by atoms with Gasteiger partial charge in [0.2, 0.25) is 0 Å². The van der Waals surface area contributed by atoms with Crippen molar-refractivity contribution in [3.05, 3.63) is 12.7 Å². The summed E-state index contributed by atoms with van der Waals surface area (Å²) >= 11 is 0. The minimum absolute atomic E-state index is 0.0446. The van der Waals surface area contributed by atoms with E-state index in [1.165, 1.54) is 0 Å². The summed E-state index contributed by atoms with van der Waals surface area (Å²) in [6, 6.07) is 0. The van der Waals surface area contributed by atoms with Crippen molar-refractivity contribution < 1.29 is 23.0 Å². The summed E-state index contributed by atoms with van der Waals surface area (Å²) in [7, 11) is 0. The van der Waals surface area contributed by atoms with E-state index in [2.05, 4.69) is 11.3 Å². The molecule has 2 nitrogen and oxygen atoms in total. The maximum atomic E-state index is 11.7. The molecular weight excluding hydrogens is 209 g/mol. The average molecular weight is 226 g/mol. The highest BCUT2D eigenvalue weighted by molar-refractivity contribution is 4.90. The maximum Gasteiger partial charge on any atom is 0.411 e. The Balaban J connectivity index is 3.58. The van der Waals surface area contributed by atoms with Crippen LogP contribution in [-0.4, -0.2) is 31.1 Å². The van der Waals surface area contributed by atoms with Gasteiger partial charge in [0.15, 0.2) is 0 Å². The van der Waals surface area contributed by atoms with E-state index >= 15 is 0 Å². The van der Waals surface area contributed by atoms with Crippen molar-refractivity contribution in [1.82, 2.24) is 0 Å². The van der Waals surface area contributed by atoms with Crippen LogP contribution in [0.1, 0.15) is 19.8 Å². The predicted molar refractivity (Wildman–Crippen MR) is 51.5 cm³/mol. The van der Waals surface area contributed by atoms with Gasteiger partial charge < -0.3 is 9.84 Å². The molecule has 0 aliphatic rings. The normalized spacial score (nSPS) is 16.1. The Morgan fingerprint density at radius 1 is 1.40 bits per heavy atom. The molecule has 0 heterocycles. The fourth-order valence-electron chi connectivity index (χ4n) is 1.01. The second kappa shape index (κ2) is 6.12. The molecule has 1 atom stereocenters. The van der Waals surface area contributed by atoms with E-state index < -0.39 is 18.2 Å². The molecule has 0 aliphatic heterocycles. The molecule has 0 saturated carbocycles. The summed E-state index contributed by atoms with van der Waals surface area (Å²) in [5.74, 6) is 0. The molecule has 0 rings (SSSR count). The number of ether oxygens (including phenoxy) is 1. The number of hydrogen-bond acceptors (Lipinski definition) is 2. The Kier molecular flexibility index (Phi) is 5.90. The minimum atomic E-state index is -4.27. The zero-order valence-electron chi connectivity index (χ0n) is 8.81. The third kappa shape index (κ3) is 7.39. The van der Waals surface area contributed by atoms with Crippen molar-refractivity contribution in [3.8, 4) is 0 Å². The summed E-state index contributed by atoms with van der Waals surface area (Å²) in [6.07, 6.45) is -1.63. The van der Waals surface area contributed by atoms with Gasteiger partial charge in [0.1, 0.15) is 6.61 Å². The van der Waals surface area contributed by atoms with Crippen molar-refractivity contribution in [2.24, 2.45) is 5.41 Å². The van der Waals surface area contributed by atoms with Crippen molar-refractivity contribution >= 4 is 0 Å². The third-order valence-electron chi connectivity index (χ3n) is 2.16. The van der Waals surface area contributed by atoms with E-state index in [0.29, 0.717) is 12.8 Å². The molecule has 0 saturated heterocycles. The van der Waals surface area contributed by atoms with E-state index in [4.69, 9.17) is 5.11 Å². The predicted octanol–water partition coefficient (Wildman–Crippen LogP) is 2.53. The lowest BCUT2D eigenvalue weighted by Crippen LogP contribution is -2.20. The highest BCUT2D eigenvalue weighted by atomic mass is 19.4. The molecule has 5 heteroatoms. The van der Waals surface area contributed by atoms with E-state index in [0.717, 1.165) is 0 Å². The summed E-state index contributed by atoms with van der Waals surface area (Å²) in [6.45, 7) is 4.13. The number of hydrogen-bond donors (Lipinski definition) is 1. The standard InChI is InChI=1S/C10H17F3O2/c1-3-9(2,7-14)5-4-6-15-8-10(11,12)13/h3,14H,1,4-8H2,2H3. The van der Waals surface area contributed by atoms with Gasteiger partial charge in [-0.1, -0.05) is 13.0 Å². The fourth-order valence-corrected chi connectivity index (χ4v) is 1.01. The summed E-state index contributed by atoms with van der Waals surface area (Å²) in [5.41, 5.74) is -0.429. The monoisotopic (exact) mass is 226 g/mol. The van der Waals surface area contributed by atoms with E-state index in [1.807, 2.05) is 0 Å². The van der Waals surface area contributed by atoms with Crippen LogP contribution in [0.25, 0.3) is 0 Å². The molecule has 0 aromatic rings. The quantitative estimate of drug-likeness (QED) is 0.534. The van der Waals surface area contributed by atoms with Crippen LogP contribution in [0.15, 0.2) is 12.7 Å². The van der Waals surface area contributed by atoms with Gasteiger partial charge in [0.25, 0.3) is 0 Å². The number of rotatable bonds is 7. The lowest BCUT2D eigenvalue weighted by Gasteiger charge is -2.22. The van der Waals surface area contributed by atoms with Gasteiger partial charge in [-0.2, -0.15) is 13.2 Å². The number of halogens is 3. The van der Waals surface area contributed by atoms with Gasteiger partial charge >= 0.3 is 6.18 Å². The van der Waals surface area contributed by atoms with Gasteiger partial charge in [0.05, 0.1) is 6.61 Å². The average Bonchev–Trinajstić information content (AvgIpc) is 2.15. The SMILES string of the molecule is C=CC(C)(CO)CCCOCC(F)(F)F. The fraction of sp³-hybridized carbons (Fsp3) is 0.800. The second-order valence-corrected chi connectivity index (χ2v) is 3.79.